The lowest BCUT2D eigenvalue weighted by Crippen LogP contribution is -2.14. The molecule has 0 amide bonds. The number of carbonyl (C=O) groups is 1. The van der Waals surface area contributed by atoms with E-state index in [2.05, 4.69) is 10.1 Å². The highest BCUT2D eigenvalue weighted by molar-refractivity contribution is 5.87. The summed E-state index contributed by atoms with van der Waals surface area (Å²) in [5, 5.41) is 12.8. The third-order valence-corrected chi connectivity index (χ3v) is 3.28. The molecule has 2 aromatic heterocycles. The van der Waals surface area contributed by atoms with E-state index >= 15 is 0 Å². The molecule has 0 atom stereocenters. The second kappa shape index (κ2) is 5.80. The number of hydrogen-bond donors (Lipinski definition) is 1. The zero-order valence-electron chi connectivity index (χ0n) is 12.0. The maximum Gasteiger partial charge on any atom is 0.433 e. The molecule has 0 fully saturated rings. The first-order valence-electron chi connectivity index (χ1n) is 6.78. The molecule has 0 aliphatic rings. The van der Waals surface area contributed by atoms with Gasteiger partial charge >= 0.3 is 12.1 Å². The molecule has 0 bridgehead atoms. The molecule has 8 heteroatoms. The highest BCUT2D eigenvalue weighted by atomic mass is 19.4. The van der Waals surface area contributed by atoms with Crippen molar-refractivity contribution in [3.63, 3.8) is 0 Å². The van der Waals surface area contributed by atoms with Crippen LogP contribution in [-0.4, -0.2) is 25.8 Å². The monoisotopic (exact) mass is 333 g/mol. The van der Waals surface area contributed by atoms with E-state index in [4.69, 9.17) is 5.11 Å². The van der Waals surface area contributed by atoms with Crippen molar-refractivity contribution in [2.75, 3.05) is 0 Å². The molecule has 1 aromatic carbocycles. The number of nitrogens with zero attached hydrogens (tertiary/aromatic N) is 3. The number of hydrogen-bond acceptors (Lipinski definition) is 3. The molecule has 122 valence electrons. The van der Waals surface area contributed by atoms with E-state index in [1.807, 2.05) is 0 Å². The van der Waals surface area contributed by atoms with Crippen LogP contribution in [0.3, 0.4) is 0 Å². The molecule has 0 saturated heterocycles. The number of carboxylic acid groups (broad SMARTS) is 1. The van der Waals surface area contributed by atoms with E-state index in [-0.39, 0.29) is 17.1 Å². The van der Waals surface area contributed by atoms with Crippen LogP contribution < -0.4 is 0 Å². The van der Waals surface area contributed by atoms with Crippen LogP contribution in [0.2, 0.25) is 0 Å². The predicted molar refractivity (Wildman–Crippen MR) is 78.8 cm³/mol. The van der Waals surface area contributed by atoms with Crippen molar-refractivity contribution in [3.8, 4) is 17.1 Å². The van der Waals surface area contributed by atoms with Gasteiger partial charge in [-0.15, -0.1) is 0 Å². The van der Waals surface area contributed by atoms with Crippen LogP contribution in [0.25, 0.3) is 17.1 Å². The number of carboxylic acids is 1. The standard InChI is InChI=1S/C16H10F3N3O2/c17-16(18,19)13-8-12(10-4-2-1-3-5-10)21-22(13)14-7-6-11(9-20-14)15(23)24/h1-9H,(H,23,24). The molecule has 1 N–H and O–H groups in total. The van der Waals surface area contributed by atoms with E-state index in [1.54, 1.807) is 30.3 Å². The Kier molecular flexibility index (Phi) is 3.80. The van der Waals surface area contributed by atoms with Gasteiger partial charge in [-0.1, -0.05) is 30.3 Å². The first-order valence-corrected chi connectivity index (χ1v) is 6.78. The largest absolute Gasteiger partial charge is 0.478 e. The van der Waals surface area contributed by atoms with Gasteiger partial charge in [-0.2, -0.15) is 18.3 Å². The minimum atomic E-state index is -4.63. The molecule has 2 heterocycles. The highest BCUT2D eigenvalue weighted by Crippen LogP contribution is 2.33. The smallest absolute Gasteiger partial charge is 0.433 e. The van der Waals surface area contributed by atoms with Gasteiger partial charge in [-0.05, 0) is 18.2 Å². The maximum absolute atomic E-state index is 13.3. The molecule has 0 unspecified atom stereocenters. The summed E-state index contributed by atoms with van der Waals surface area (Å²) >= 11 is 0. The molecule has 0 aliphatic carbocycles. The number of rotatable bonds is 3. The Balaban J connectivity index is 2.12. The Morgan fingerprint density at radius 3 is 2.33 bits per heavy atom. The van der Waals surface area contributed by atoms with Crippen LogP contribution >= 0.6 is 0 Å². The van der Waals surface area contributed by atoms with E-state index in [0.717, 1.165) is 12.3 Å². The Morgan fingerprint density at radius 2 is 1.79 bits per heavy atom. The van der Waals surface area contributed by atoms with Crippen LogP contribution in [0, 0.1) is 0 Å². The van der Waals surface area contributed by atoms with Gasteiger partial charge in [-0.25, -0.2) is 14.5 Å². The van der Waals surface area contributed by atoms with Gasteiger partial charge in [0, 0.05) is 11.8 Å². The van der Waals surface area contributed by atoms with Crippen molar-refractivity contribution in [2.24, 2.45) is 0 Å². The zero-order valence-corrected chi connectivity index (χ0v) is 12.0. The summed E-state index contributed by atoms with van der Waals surface area (Å²) in [4.78, 5) is 14.6. The van der Waals surface area contributed by atoms with Gasteiger partial charge < -0.3 is 5.11 Å². The molecule has 0 saturated carbocycles. The SMILES string of the molecule is O=C(O)c1ccc(-n2nc(-c3ccccc3)cc2C(F)(F)F)nc1. The van der Waals surface area contributed by atoms with Gasteiger partial charge in [0.25, 0.3) is 0 Å². The van der Waals surface area contributed by atoms with Crippen LogP contribution in [0.1, 0.15) is 16.1 Å². The molecule has 0 radical (unpaired) electrons. The fourth-order valence-electron chi connectivity index (χ4n) is 2.15. The van der Waals surface area contributed by atoms with Crippen molar-refractivity contribution < 1.29 is 23.1 Å². The van der Waals surface area contributed by atoms with Gasteiger partial charge in [0.1, 0.15) is 0 Å². The molecule has 0 spiro atoms. The quantitative estimate of drug-likeness (QED) is 0.794. The predicted octanol–water partition coefficient (Wildman–Crippen LogP) is 3.65. The van der Waals surface area contributed by atoms with Crippen molar-refractivity contribution >= 4 is 5.97 Å². The van der Waals surface area contributed by atoms with Gasteiger partial charge in [0.2, 0.25) is 0 Å². The second-order valence-electron chi connectivity index (χ2n) is 4.90. The molecule has 5 nitrogen and oxygen atoms in total. The summed E-state index contributed by atoms with van der Waals surface area (Å²) in [6.45, 7) is 0. The lowest BCUT2D eigenvalue weighted by molar-refractivity contribution is -0.142. The van der Waals surface area contributed by atoms with Crippen molar-refractivity contribution in [1.29, 1.82) is 0 Å². The molecule has 3 rings (SSSR count). The number of benzene rings is 1. The number of halogens is 3. The van der Waals surface area contributed by atoms with E-state index in [1.165, 1.54) is 12.1 Å². The molecule has 3 aromatic rings. The molecular formula is C16H10F3N3O2. The lowest BCUT2D eigenvalue weighted by atomic mass is 10.1. The van der Waals surface area contributed by atoms with Crippen LogP contribution in [0.15, 0.2) is 54.7 Å². The molecule has 0 aliphatic heterocycles. The van der Waals surface area contributed by atoms with Gasteiger partial charge in [0.05, 0.1) is 11.3 Å². The number of aromatic nitrogens is 3. The Labute approximate surface area is 134 Å². The summed E-state index contributed by atoms with van der Waals surface area (Å²) < 4.78 is 40.5. The van der Waals surface area contributed by atoms with Crippen LogP contribution in [0.5, 0.6) is 0 Å². The van der Waals surface area contributed by atoms with Crippen molar-refractivity contribution in [1.82, 2.24) is 14.8 Å². The Hall–Kier alpha value is -3.16. The van der Waals surface area contributed by atoms with Crippen molar-refractivity contribution in [3.05, 3.63) is 66.0 Å². The summed E-state index contributed by atoms with van der Waals surface area (Å²) in [5.41, 5.74) is -0.435. The maximum atomic E-state index is 13.3. The van der Waals surface area contributed by atoms with Gasteiger partial charge in [0.15, 0.2) is 11.5 Å². The number of alkyl halides is 3. The third-order valence-electron chi connectivity index (χ3n) is 3.28. The number of pyridine rings is 1. The topological polar surface area (TPSA) is 68.0 Å². The summed E-state index contributed by atoms with van der Waals surface area (Å²) in [6.07, 6.45) is -3.64. The first kappa shape index (κ1) is 15.7. The van der Waals surface area contributed by atoms with Gasteiger partial charge in [-0.3, -0.25) is 0 Å². The normalized spacial score (nSPS) is 11.5. The summed E-state index contributed by atoms with van der Waals surface area (Å²) in [6, 6.07) is 11.7. The highest BCUT2D eigenvalue weighted by Gasteiger charge is 2.36. The fraction of sp³-hybridized carbons (Fsp3) is 0.0625. The molecular weight excluding hydrogens is 323 g/mol. The Morgan fingerprint density at radius 1 is 1.08 bits per heavy atom. The van der Waals surface area contributed by atoms with E-state index < -0.39 is 17.8 Å². The molecule has 24 heavy (non-hydrogen) atoms. The average molecular weight is 333 g/mol. The average Bonchev–Trinajstić information content (AvgIpc) is 3.01. The zero-order chi connectivity index (χ0) is 17.3. The number of aromatic carboxylic acids is 1. The second-order valence-corrected chi connectivity index (χ2v) is 4.90. The fourth-order valence-corrected chi connectivity index (χ4v) is 2.15. The minimum absolute atomic E-state index is 0.116. The summed E-state index contributed by atoms with van der Waals surface area (Å²) in [7, 11) is 0. The van der Waals surface area contributed by atoms with Crippen LogP contribution in [0.4, 0.5) is 13.2 Å². The third kappa shape index (κ3) is 2.98. The first-order chi connectivity index (χ1) is 11.4. The Bertz CT molecular complexity index is 872. The summed E-state index contributed by atoms with van der Waals surface area (Å²) in [5.74, 6) is -1.33. The van der Waals surface area contributed by atoms with E-state index in [9.17, 15) is 18.0 Å². The van der Waals surface area contributed by atoms with Crippen LogP contribution in [-0.2, 0) is 6.18 Å². The minimum Gasteiger partial charge on any atom is -0.478 e. The van der Waals surface area contributed by atoms with Crippen molar-refractivity contribution in [2.45, 2.75) is 6.18 Å². The lowest BCUT2D eigenvalue weighted by Gasteiger charge is -2.09. The van der Waals surface area contributed by atoms with E-state index in [0.29, 0.717) is 10.2 Å².